The third-order valence-corrected chi connectivity index (χ3v) is 2.92. The topological polar surface area (TPSA) is 3.24 Å². The molecule has 0 spiro atoms. The van der Waals surface area contributed by atoms with Crippen molar-refractivity contribution in [2.45, 2.75) is 52.7 Å². The maximum absolute atomic E-state index is 2.54. The van der Waals surface area contributed by atoms with Crippen LogP contribution in [0.15, 0.2) is 24.2 Å². The van der Waals surface area contributed by atoms with Gasteiger partial charge in [0.1, 0.15) is 0 Å². The standard InChI is InChI=1S/C13H22BN/c1-10(2)15(11(3)4)12(5)13-8-6-7-9-14-13/h6-12H,1-5H3. The van der Waals surface area contributed by atoms with E-state index in [0.717, 1.165) is 0 Å². The van der Waals surface area contributed by atoms with Crippen LogP contribution < -0.4 is 0 Å². The van der Waals surface area contributed by atoms with Gasteiger partial charge >= 0.3 is 94.2 Å². The van der Waals surface area contributed by atoms with Crippen LogP contribution in [0.4, 0.5) is 0 Å². The van der Waals surface area contributed by atoms with Crippen LogP contribution in [0, 0.1) is 0 Å². The molecular weight excluding hydrogens is 181 g/mol. The van der Waals surface area contributed by atoms with Gasteiger partial charge in [-0.25, -0.2) is 0 Å². The summed E-state index contributed by atoms with van der Waals surface area (Å²) in [5.41, 5.74) is 1.40. The van der Waals surface area contributed by atoms with Crippen molar-refractivity contribution >= 4 is 6.91 Å². The van der Waals surface area contributed by atoms with Crippen molar-refractivity contribution in [3.63, 3.8) is 0 Å². The minimum absolute atomic E-state index is 0.492. The number of nitrogens with zero attached hydrogens (tertiary/aromatic N) is 1. The van der Waals surface area contributed by atoms with Crippen molar-refractivity contribution in [3.05, 3.63) is 29.6 Å². The molecule has 1 unspecified atom stereocenters. The van der Waals surface area contributed by atoms with Gasteiger partial charge in [-0.1, -0.05) is 0 Å². The molecule has 0 radical (unpaired) electrons. The average Bonchev–Trinajstić information content (AvgIpc) is 2.18. The van der Waals surface area contributed by atoms with E-state index in [2.05, 4.69) is 70.6 Å². The second-order valence-corrected chi connectivity index (χ2v) is 4.72. The fraction of sp³-hybridized carbons (Fsp3) is 0.615. The van der Waals surface area contributed by atoms with Crippen LogP contribution >= 0.6 is 0 Å². The van der Waals surface area contributed by atoms with E-state index >= 15 is 0 Å². The van der Waals surface area contributed by atoms with Crippen LogP contribution in [0.3, 0.4) is 0 Å². The molecule has 0 saturated carbocycles. The summed E-state index contributed by atoms with van der Waals surface area (Å²) in [6.45, 7) is 13.6. The molecule has 0 aliphatic heterocycles. The minimum atomic E-state index is 0.492. The van der Waals surface area contributed by atoms with Gasteiger partial charge in [0, 0.05) is 0 Å². The SMILES string of the molecule is CC(C)N(C(C)C)C(C)c1bcccc1. The summed E-state index contributed by atoms with van der Waals surface area (Å²) in [6, 6.07) is 8.06. The Balaban J connectivity index is 2.86. The Morgan fingerprint density at radius 2 is 1.60 bits per heavy atom. The van der Waals surface area contributed by atoms with Gasteiger partial charge in [0.25, 0.3) is 0 Å². The molecule has 1 aromatic rings. The molecule has 1 aromatic heterocycles. The van der Waals surface area contributed by atoms with E-state index in [0.29, 0.717) is 18.1 Å². The second kappa shape index (κ2) is 5.46. The van der Waals surface area contributed by atoms with Gasteiger partial charge in [0.15, 0.2) is 0 Å². The summed E-state index contributed by atoms with van der Waals surface area (Å²) >= 11 is 0. The van der Waals surface area contributed by atoms with Crippen LogP contribution in [0.1, 0.15) is 46.1 Å². The third-order valence-electron chi connectivity index (χ3n) is 2.92. The molecule has 1 nitrogen and oxygen atoms in total. The Labute approximate surface area is 94.7 Å². The van der Waals surface area contributed by atoms with E-state index in [1.54, 1.807) is 0 Å². The molecule has 0 amide bonds. The Bertz CT molecular complexity index is 274. The predicted octanol–water partition coefficient (Wildman–Crippen LogP) is 3.20. The molecule has 0 bridgehead atoms. The fourth-order valence-electron chi connectivity index (χ4n) is 2.39. The number of rotatable bonds is 4. The van der Waals surface area contributed by atoms with E-state index in [4.69, 9.17) is 0 Å². The molecule has 0 aliphatic rings. The molecule has 2 heteroatoms. The Morgan fingerprint density at radius 3 is 2.00 bits per heavy atom. The first kappa shape index (κ1) is 12.4. The first-order chi connectivity index (χ1) is 7.04. The van der Waals surface area contributed by atoms with E-state index < -0.39 is 0 Å². The first-order valence-electron chi connectivity index (χ1n) is 5.86. The third kappa shape index (κ3) is 3.17. The fourth-order valence-corrected chi connectivity index (χ4v) is 2.39. The van der Waals surface area contributed by atoms with Gasteiger partial charge in [0.2, 0.25) is 0 Å². The molecule has 0 fully saturated rings. The summed E-state index contributed by atoms with van der Waals surface area (Å²) in [5, 5.41) is 0. The predicted molar refractivity (Wildman–Crippen MR) is 68.3 cm³/mol. The van der Waals surface area contributed by atoms with Crippen LogP contribution in [-0.2, 0) is 0 Å². The molecule has 82 valence electrons. The quantitative estimate of drug-likeness (QED) is 0.726. The van der Waals surface area contributed by atoms with Crippen molar-refractivity contribution in [1.29, 1.82) is 0 Å². The van der Waals surface area contributed by atoms with Crippen molar-refractivity contribution < 1.29 is 0 Å². The van der Waals surface area contributed by atoms with E-state index in [9.17, 15) is 0 Å². The molecular formula is C13H22BN. The van der Waals surface area contributed by atoms with Gasteiger partial charge in [-0.15, -0.1) is 0 Å². The molecule has 1 heterocycles. The molecule has 15 heavy (non-hydrogen) atoms. The molecule has 1 rings (SSSR count). The zero-order valence-electron chi connectivity index (χ0n) is 10.6. The van der Waals surface area contributed by atoms with Crippen LogP contribution in [0.25, 0.3) is 0 Å². The number of hydrogen-bond acceptors (Lipinski definition) is 1. The molecule has 0 aromatic carbocycles. The van der Waals surface area contributed by atoms with Gasteiger partial charge in [-0.05, 0) is 0 Å². The van der Waals surface area contributed by atoms with Crippen LogP contribution in [-0.4, -0.2) is 23.9 Å². The molecule has 0 aliphatic carbocycles. The maximum atomic E-state index is 2.54. The van der Waals surface area contributed by atoms with Crippen LogP contribution in [0.2, 0.25) is 0 Å². The first-order valence-corrected chi connectivity index (χ1v) is 5.86. The van der Waals surface area contributed by atoms with Crippen molar-refractivity contribution in [3.8, 4) is 0 Å². The molecule has 0 saturated heterocycles. The van der Waals surface area contributed by atoms with E-state index in [1.165, 1.54) is 5.46 Å². The van der Waals surface area contributed by atoms with Gasteiger partial charge < -0.3 is 0 Å². The summed E-state index contributed by atoms with van der Waals surface area (Å²) < 4.78 is 0. The average molecular weight is 203 g/mol. The number of hydrogen-bond donors (Lipinski definition) is 0. The molecule has 1 atom stereocenters. The summed E-state index contributed by atoms with van der Waals surface area (Å²) in [6.07, 6.45) is 0. The van der Waals surface area contributed by atoms with Gasteiger partial charge in [-0.2, -0.15) is 0 Å². The van der Waals surface area contributed by atoms with E-state index in [-0.39, 0.29) is 0 Å². The van der Waals surface area contributed by atoms with Crippen molar-refractivity contribution in [1.82, 2.24) is 4.90 Å². The van der Waals surface area contributed by atoms with Crippen molar-refractivity contribution in [2.75, 3.05) is 0 Å². The summed E-state index contributed by atoms with van der Waals surface area (Å²) in [4.78, 5) is 2.54. The van der Waals surface area contributed by atoms with Crippen molar-refractivity contribution in [2.24, 2.45) is 0 Å². The Kier molecular flexibility index (Phi) is 4.53. The zero-order valence-corrected chi connectivity index (χ0v) is 10.6. The normalized spacial score (nSPS) is 13.6. The Morgan fingerprint density at radius 1 is 1.00 bits per heavy atom. The molecule has 0 N–H and O–H groups in total. The monoisotopic (exact) mass is 203 g/mol. The van der Waals surface area contributed by atoms with E-state index in [1.807, 2.05) is 0 Å². The Hall–Kier alpha value is -0.625. The van der Waals surface area contributed by atoms with Gasteiger partial charge in [0.05, 0.1) is 0 Å². The summed E-state index contributed by atoms with van der Waals surface area (Å²) in [7, 11) is 0. The second-order valence-electron chi connectivity index (χ2n) is 4.72. The van der Waals surface area contributed by atoms with Gasteiger partial charge in [-0.3, -0.25) is 0 Å². The zero-order chi connectivity index (χ0) is 11.4. The summed E-state index contributed by atoms with van der Waals surface area (Å²) in [5.74, 6) is 2.12. The van der Waals surface area contributed by atoms with Crippen LogP contribution in [0.5, 0.6) is 0 Å².